The third kappa shape index (κ3) is 6.15. The summed E-state index contributed by atoms with van der Waals surface area (Å²) in [5.41, 5.74) is 2.25. The van der Waals surface area contributed by atoms with Crippen molar-refractivity contribution in [2.24, 2.45) is 0 Å². The molecule has 6 nitrogen and oxygen atoms in total. The third-order valence-electron chi connectivity index (χ3n) is 4.85. The Hall–Kier alpha value is -2.22. The first-order chi connectivity index (χ1) is 13.5. The van der Waals surface area contributed by atoms with E-state index in [1.165, 1.54) is 16.9 Å². The molecular weight excluding hydrogens is 374 g/mol. The number of nitrogens with one attached hydrogen (secondary N) is 2. The molecule has 0 saturated carbocycles. The number of benzene rings is 1. The fourth-order valence-corrected chi connectivity index (χ4v) is 3.95. The fourth-order valence-electron chi connectivity index (χ4n) is 3.17. The van der Waals surface area contributed by atoms with E-state index in [2.05, 4.69) is 27.7 Å². The first kappa shape index (κ1) is 20.5. The molecule has 0 atom stereocenters. The van der Waals surface area contributed by atoms with E-state index < -0.39 is 0 Å². The molecule has 0 aliphatic carbocycles. The number of carbonyl (C=O) groups is 2. The average molecular weight is 402 g/mol. The number of amides is 2. The summed E-state index contributed by atoms with van der Waals surface area (Å²) in [5.74, 6) is -0.430. The van der Waals surface area contributed by atoms with Gasteiger partial charge in [0.25, 0.3) is 5.91 Å². The minimum atomic E-state index is -0.220. The Balaban J connectivity index is 1.38. The summed E-state index contributed by atoms with van der Waals surface area (Å²) in [4.78, 5) is 28.0. The number of nitrogens with zero attached hydrogens (tertiary/aromatic N) is 1. The number of carbonyl (C=O) groups excluding carboxylic acids is 2. The summed E-state index contributed by atoms with van der Waals surface area (Å²) in [6.07, 6.45) is 1.53. The SMILES string of the molecule is Cc1ccc(C(=O)NCC(=O)NCc2ccc(CN3CCC(O)CC3)cc2)s1. The second-order valence-corrected chi connectivity index (χ2v) is 8.48. The minimum absolute atomic E-state index is 0.0331. The molecule has 2 heterocycles. The first-order valence-corrected chi connectivity index (χ1v) is 10.4. The molecule has 1 aliphatic rings. The second kappa shape index (κ2) is 9.82. The molecule has 7 heteroatoms. The van der Waals surface area contributed by atoms with Gasteiger partial charge in [0.2, 0.25) is 5.91 Å². The molecule has 0 spiro atoms. The standard InChI is InChI=1S/C21H27N3O3S/c1-15-2-7-19(28-15)21(27)23-13-20(26)22-12-16-3-5-17(6-4-16)14-24-10-8-18(25)9-11-24/h2-7,18,25H,8-14H2,1H3,(H,22,26)(H,23,27). The number of aryl methyl sites for hydroxylation is 1. The summed E-state index contributed by atoms with van der Waals surface area (Å²) in [7, 11) is 0. The van der Waals surface area contributed by atoms with E-state index in [9.17, 15) is 14.7 Å². The number of aliphatic hydroxyl groups excluding tert-OH is 1. The molecule has 0 bridgehead atoms. The van der Waals surface area contributed by atoms with E-state index >= 15 is 0 Å². The Morgan fingerprint density at radius 3 is 2.39 bits per heavy atom. The zero-order valence-electron chi connectivity index (χ0n) is 16.1. The van der Waals surface area contributed by atoms with Crippen LogP contribution >= 0.6 is 11.3 Å². The van der Waals surface area contributed by atoms with Crippen molar-refractivity contribution in [2.75, 3.05) is 19.6 Å². The van der Waals surface area contributed by atoms with Gasteiger partial charge in [-0.05, 0) is 43.0 Å². The Morgan fingerprint density at radius 2 is 1.75 bits per heavy atom. The van der Waals surface area contributed by atoms with E-state index in [4.69, 9.17) is 0 Å². The molecule has 1 fully saturated rings. The zero-order chi connectivity index (χ0) is 19.9. The summed E-state index contributed by atoms with van der Waals surface area (Å²) in [6.45, 7) is 5.08. The molecule has 0 unspecified atom stereocenters. The van der Waals surface area contributed by atoms with Crippen LogP contribution in [0.4, 0.5) is 0 Å². The maximum atomic E-state index is 12.0. The molecule has 2 aromatic rings. The molecule has 1 aromatic carbocycles. The number of hydrogen-bond acceptors (Lipinski definition) is 5. The van der Waals surface area contributed by atoms with Gasteiger partial charge in [0.15, 0.2) is 0 Å². The lowest BCUT2D eigenvalue weighted by Crippen LogP contribution is -2.36. The van der Waals surface area contributed by atoms with Crippen molar-refractivity contribution in [3.05, 3.63) is 57.3 Å². The van der Waals surface area contributed by atoms with Gasteiger partial charge in [-0.3, -0.25) is 14.5 Å². The van der Waals surface area contributed by atoms with Crippen molar-refractivity contribution in [3.63, 3.8) is 0 Å². The first-order valence-electron chi connectivity index (χ1n) is 9.59. The molecule has 0 radical (unpaired) electrons. The molecule has 1 saturated heterocycles. The number of rotatable bonds is 7. The van der Waals surface area contributed by atoms with Crippen LogP contribution in [-0.2, 0) is 17.9 Å². The van der Waals surface area contributed by atoms with Gasteiger partial charge < -0.3 is 15.7 Å². The lowest BCUT2D eigenvalue weighted by Gasteiger charge is -2.29. The highest BCUT2D eigenvalue weighted by atomic mass is 32.1. The van der Waals surface area contributed by atoms with Gasteiger partial charge in [-0.15, -0.1) is 11.3 Å². The van der Waals surface area contributed by atoms with Crippen molar-refractivity contribution in [1.29, 1.82) is 0 Å². The predicted molar refractivity (Wildman–Crippen MR) is 110 cm³/mol. The van der Waals surface area contributed by atoms with Crippen LogP contribution in [0, 0.1) is 6.92 Å². The van der Waals surface area contributed by atoms with E-state index in [1.807, 2.05) is 25.1 Å². The highest BCUT2D eigenvalue weighted by molar-refractivity contribution is 7.13. The Labute approximate surface area is 169 Å². The lowest BCUT2D eigenvalue weighted by molar-refractivity contribution is -0.120. The Bertz CT molecular complexity index is 795. The topological polar surface area (TPSA) is 81.7 Å². The summed E-state index contributed by atoms with van der Waals surface area (Å²) >= 11 is 1.41. The van der Waals surface area contributed by atoms with Gasteiger partial charge in [-0.2, -0.15) is 0 Å². The third-order valence-corrected chi connectivity index (χ3v) is 5.85. The number of aliphatic hydroxyl groups is 1. The van der Waals surface area contributed by atoms with Crippen molar-refractivity contribution < 1.29 is 14.7 Å². The lowest BCUT2D eigenvalue weighted by atomic mass is 10.1. The average Bonchev–Trinajstić information content (AvgIpc) is 3.14. The van der Waals surface area contributed by atoms with E-state index in [1.54, 1.807) is 6.07 Å². The molecule has 3 rings (SSSR count). The van der Waals surface area contributed by atoms with E-state index in [0.717, 1.165) is 42.9 Å². The zero-order valence-corrected chi connectivity index (χ0v) is 16.9. The molecule has 150 valence electrons. The van der Waals surface area contributed by atoms with Crippen molar-refractivity contribution in [1.82, 2.24) is 15.5 Å². The Kier molecular flexibility index (Phi) is 7.19. The van der Waals surface area contributed by atoms with Crippen LogP contribution in [0.5, 0.6) is 0 Å². The summed E-state index contributed by atoms with van der Waals surface area (Å²) in [5, 5.41) is 15.0. The maximum Gasteiger partial charge on any atom is 0.261 e. The van der Waals surface area contributed by atoms with Crippen LogP contribution in [-0.4, -0.2) is 47.6 Å². The monoisotopic (exact) mass is 401 g/mol. The smallest absolute Gasteiger partial charge is 0.261 e. The molecular formula is C21H27N3O3S. The minimum Gasteiger partial charge on any atom is -0.393 e. The quantitative estimate of drug-likeness (QED) is 0.663. The van der Waals surface area contributed by atoms with Gasteiger partial charge in [0, 0.05) is 31.1 Å². The maximum absolute atomic E-state index is 12.0. The van der Waals surface area contributed by atoms with E-state index in [-0.39, 0.29) is 24.5 Å². The second-order valence-electron chi connectivity index (χ2n) is 7.19. The van der Waals surface area contributed by atoms with Gasteiger partial charge in [-0.1, -0.05) is 24.3 Å². The normalized spacial score (nSPS) is 15.4. The molecule has 3 N–H and O–H groups in total. The van der Waals surface area contributed by atoms with Crippen molar-refractivity contribution in [2.45, 2.75) is 39.0 Å². The fraction of sp³-hybridized carbons (Fsp3) is 0.429. The van der Waals surface area contributed by atoms with Crippen LogP contribution < -0.4 is 10.6 Å². The van der Waals surface area contributed by atoms with Crippen LogP contribution in [0.2, 0.25) is 0 Å². The van der Waals surface area contributed by atoms with Crippen molar-refractivity contribution in [3.8, 4) is 0 Å². The number of piperidine rings is 1. The number of likely N-dealkylation sites (tertiary alicyclic amines) is 1. The van der Waals surface area contributed by atoms with Gasteiger partial charge in [-0.25, -0.2) is 0 Å². The van der Waals surface area contributed by atoms with Crippen LogP contribution in [0.25, 0.3) is 0 Å². The highest BCUT2D eigenvalue weighted by Crippen LogP contribution is 2.15. The number of thiophene rings is 1. The molecule has 1 aliphatic heterocycles. The largest absolute Gasteiger partial charge is 0.393 e. The van der Waals surface area contributed by atoms with Crippen LogP contribution in [0.1, 0.15) is 38.5 Å². The van der Waals surface area contributed by atoms with Gasteiger partial charge in [0.05, 0.1) is 17.5 Å². The molecule has 1 aromatic heterocycles. The Morgan fingerprint density at radius 1 is 1.07 bits per heavy atom. The van der Waals surface area contributed by atoms with Crippen LogP contribution in [0.15, 0.2) is 36.4 Å². The number of hydrogen-bond donors (Lipinski definition) is 3. The highest BCUT2D eigenvalue weighted by Gasteiger charge is 2.16. The van der Waals surface area contributed by atoms with Gasteiger partial charge in [0.1, 0.15) is 0 Å². The predicted octanol–water partition coefficient (Wildman–Crippen LogP) is 2.06. The van der Waals surface area contributed by atoms with E-state index in [0.29, 0.717) is 11.4 Å². The van der Waals surface area contributed by atoms with Gasteiger partial charge >= 0.3 is 0 Å². The molecule has 28 heavy (non-hydrogen) atoms. The summed E-state index contributed by atoms with van der Waals surface area (Å²) < 4.78 is 0. The van der Waals surface area contributed by atoms with Crippen LogP contribution in [0.3, 0.4) is 0 Å². The molecule has 2 amide bonds. The summed E-state index contributed by atoms with van der Waals surface area (Å²) in [6, 6.07) is 11.8. The van der Waals surface area contributed by atoms with Crippen molar-refractivity contribution >= 4 is 23.2 Å².